The van der Waals surface area contributed by atoms with Crippen LogP contribution in [-0.4, -0.2) is 47.0 Å². The molecule has 4 aromatic rings. The Bertz CT molecular complexity index is 1440. The Labute approximate surface area is 203 Å². The van der Waals surface area contributed by atoms with E-state index in [1.54, 1.807) is 25.1 Å². The van der Waals surface area contributed by atoms with Crippen molar-refractivity contribution in [1.29, 1.82) is 0 Å². The minimum absolute atomic E-state index is 0.132. The van der Waals surface area contributed by atoms with Crippen molar-refractivity contribution in [3.8, 4) is 22.6 Å². The highest BCUT2D eigenvalue weighted by Crippen LogP contribution is 2.37. The van der Waals surface area contributed by atoms with Gasteiger partial charge in [0.15, 0.2) is 22.8 Å². The van der Waals surface area contributed by atoms with Gasteiger partial charge in [-0.2, -0.15) is 18.3 Å². The Balaban J connectivity index is 1.80. The smallest absolute Gasteiger partial charge is 0.418 e. The number of carbonyl (C=O) groups is 1. The molecule has 36 heavy (non-hydrogen) atoms. The summed E-state index contributed by atoms with van der Waals surface area (Å²) in [4.78, 5) is 12.9. The van der Waals surface area contributed by atoms with Crippen LogP contribution in [0.4, 0.5) is 18.9 Å². The van der Waals surface area contributed by atoms with E-state index >= 15 is 0 Å². The van der Waals surface area contributed by atoms with Crippen LogP contribution < -0.4 is 14.8 Å². The van der Waals surface area contributed by atoms with Crippen molar-refractivity contribution >= 4 is 17.2 Å². The number of carbonyl (C=O) groups excluding carboxylic acids is 1. The van der Waals surface area contributed by atoms with E-state index in [1.807, 2.05) is 0 Å². The van der Waals surface area contributed by atoms with Crippen LogP contribution >= 0.6 is 0 Å². The molecule has 0 saturated carbocycles. The normalized spacial score (nSPS) is 11.5. The van der Waals surface area contributed by atoms with Crippen molar-refractivity contribution in [1.82, 2.24) is 19.8 Å². The van der Waals surface area contributed by atoms with Crippen LogP contribution in [0.1, 0.15) is 27.4 Å². The average Bonchev–Trinajstić information content (AvgIpc) is 3.22. The molecule has 0 aliphatic rings. The molecule has 0 atom stereocenters. The van der Waals surface area contributed by atoms with Gasteiger partial charge in [0.2, 0.25) is 0 Å². The Kier molecular flexibility index (Phi) is 6.80. The lowest BCUT2D eigenvalue weighted by molar-refractivity contribution is -0.136. The molecule has 0 fully saturated rings. The quantitative estimate of drug-likeness (QED) is 0.397. The van der Waals surface area contributed by atoms with E-state index in [0.717, 1.165) is 6.07 Å². The molecule has 0 radical (unpaired) electrons. The summed E-state index contributed by atoms with van der Waals surface area (Å²) >= 11 is 0. The standard InChI is InChI=1S/C24H22F3N5O4/c1-13-21(23(33)28-16-8-6-5-7-15(16)24(25,26)27)29-30-22-20(17(12-34-2)31-32(13)22)14-9-10-18(35-3)19(11-14)36-4/h5-11H,12H2,1-4H3,(H,28,33). The fourth-order valence-corrected chi connectivity index (χ4v) is 3.81. The molecule has 0 unspecified atom stereocenters. The highest BCUT2D eigenvalue weighted by atomic mass is 19.4. The van der Waals surface area contributed by atoms with Gasteiger partial charge < -0.3 is 19.5 Å². The number of hydrogen-bond acceptors (Lipinski definition) is 7. The summed E-state index contributed by atoms with van der Waals surface area (Å²) < 4.78 is 57.5. The van der Waals surface area contributed by atoms with Gasteiger partial charge in [-0.05, 0) is 36.8 Å². The van der Waals surface area contributed by atoms with E-state index in [1.165, 1.54) is 44.0 Å². The number of halogens is 3. The molecule has 2 heterocycles. The van der Waals surface area contributed by atoms with Crippen molar-refractivity contribution in [3.05, 3.63) is 65.1 Å². The number of nitrogens with one attached hydrogen (secondary N) is 1. The highest BCUT2D eigenvalue weighted by Gasteiger charge is 2.34. The number of anilines is 1. The summed E-state index contributed by atoms with van der Waals surface area (Å²) in [6.07, 6.45) is -4.64. The summed E-state index contributed by atoms with van der Waals surface area (Å²) in [5, 5.41) is 15.1. The number of hydrogen-bond donors (Lipinski definition) is 1. The SMILES string of the molecule is COCc1nn2c(C)c(C(=O)Nc3ccccc3C(F)(F)F)nnc2c1-c1ccc(OC)c(OC)c1. The zero-order chi connectivity index (χ0) is 26.0. The van der Waals surface area contributed by atoms with Crippen molar-refractivity contribution in [2.75, 3.05) is 26.6 Å². The third-order valence-electron chi connectivity index (χ3n) is 5.49. The fourth-order valence-electron chi connectivity index (χ4n) is 3.81. The Morgan fingerprint density at radius 2 is 1.75 bits per heavy atom. The molecule has 1 amide bonds. The van der Waals surface area contributed by atoms with Gasteiger partial charge in [-0.15, -0.1) is 10.2 Å². The number of nitrogens with zero attached hydrogens (tertiary/aromatic N) is 4. The van der Waals surface area contributed by atoms with E-state index in [9.17, 15) is 18.0 Å². The molecule has 12 heteroatoms. The third kappa shape index (κ3) is 4.54. The third-order valence-corrected chi connectivity index (χ3v) is 5.49. The largest absolute Gasteiger partial charge is 0.493 e. The van der Waals surface area contributed by atoms with Gasteiger partial charge in [0.1, 0.15) is 0 Å². The number of benzene rings is 2. The van der Waals surface area contributed by atoms with Gasteiger partial charge in [0, 0.05) is 7.11 Å². The Morgan fingerprint density at radius 3 is 2.42 bits per heavy atom. The van der Waals surface area contributed by atoms with Gasteiger partial charge in [0.05, 0.1) is 49.0 Å². The molecule has 0 aliphatic carbocycles. The van der Waals surface area contributed by atoms with Crippen LogP contribution in [0, 0.1) is 6.92 Å². The second kappa shape index (κ2) is 9.82. The molecule has 0 bridgehead atoms. The predicted molar refractivity (Wildman–Crippen MR) is 124 cm³/mol. The molecule has 2 aromatic heterocycles. The molecule has 4 rings (SSSR count). The predicted octanol–water partition coefficient (Wildman–Crippen LogP) is 4.53. The first kappa shape index (κ1) is 24.9. The Morgan fingerprint density at radius 1 is 1.03 bits per heavy atom. The number of para-hydroxylation sites is 1. The number of aryl methyl sites for hydroxylation is 1. The number of aromatic nitrogens is 4. The molecule has 0 saturated heterocycles. The van der Waals surface area contributed by atoms with Gasteiger partial charge in [-0.25, -0.2) is 4.52 Å². The molecular weight excluding hydrogens is 479 g/mol. The topological polar surface area (TPSA) is 99.9 Å². The van der Waals surface area contributed by atoms with Crippen LogP contribution in [0.15, 0.2) is 42.5 Å². The maximum atomic E-state index is 13.3. The lowest BCUT2D eigenvalue weighted by atomic mass is 10.1. The fraction of sp³-hybridized carbons (Fsp3) is 0.250. The summed E-state index contributed by atoms with van der Waals surface area (Å²) in [7, 11) is 4.55. The Hall–Kier alpha value is -4.19. The van der Waals surface area contributed by atoms with Crippen molar-refractivity contribution in [2.24, 2.45) is 0 Å². The van der Waals surface area contributed by atoms with Crippen LogP contribution in [0.25, 0.3) is 16.8 Å². The van der Waals surface area contributed by atoms with Crippen molar-refractivity contribution in [2.45, 2.75) is 19.7 Å². The number of alkyl halides is 3. The van der Waals surface area contributed by atoms with E-state index in [-0.39, 0.29) is 23.7 Å². The van der Waals surface area contributed by atoms with Gasteiger partial charge in [-0.1, -0.05) is 18.2 Å². The molecule has 0 spiro atoms. The second-order valence-electron chi connectivity index (χ2n) is 7.69. The first-order valence-corrected chi connectivity index (χ1v) is 10.6. The molecule has 9 nitrogen and oxygen atoms in total. The molecular formula is C24H22F3N5O4. The monoisotopic (exact) mass is 501 g/mol. The number of fused-ring (bicyclic) bond motifs is 1. The molecule has 188 valence electrons. The van der Waals surface area contributed by atoms with Crippen molar-refractivity contribution in [3.63, 3.8) is 0 Å². The van der Waals surface area contributed by atoms with Gasteiger partial charge >= 0.3 is 6.18 Å². The maximum Gasteiger partial charge on any atom is 0.418 e. The zero-order valence-electron chi connectivity index (χ0n) is 19.8. The van der Waals surface area contributed by atoms with Gasteiger partial charge in [0.25, 0.3) is 5.91 Å². The highest BCUT2D eigenvalue weighted by molar-refractivity contribution is 6.04. The lowest BCUT2D eigenvalue weighted by Gasteiger charge is -2.14. The lowest BCUT2D eigenvalue weighted by Crippen LogP contribution is -2.20. The summed E-state index contributed by atoms with van der Waals surface area (Å²) in [5.74, 6) is 0.170. The minimum atomic E-state index is -4.64. The molecule has 2 aromatic carbocycles. The van der Waals surface area contributed by atoms with Crippen LogP contribution in [0.5, 0.6) is 11.5 Å². The maximum absolute atomic E-state index is 13.3. The van der Waals surface area contributed by atoms with E-state index in [2.05, 4.69) is 20.6 Å². The molecule has 0 aliphatic heterocycles. The van der Waals surface area contributed by atoms with Crippen LogP contribution in [-0.2, 0) is 17.5 Å². The number of amides is 1. The van der Waals surface area contributed by atoms with E-state index in [0.29, 0.717) is 34.0 Å². The summed E-state index contributed by atoms with van der Waals surface area (Å²) in [5.41, 5.74) is 0.893. The van der Waals surface area contributed by atoms with Crippen LogP contribution in [0.2, 0.25) is 0 Å². The minimum Gasteiger partial charge on any atom is -0.493 e. The first-order chi connectivity index (χ1) is 17.2. The first-order valence-electron chi connectivity index (χ1n) is 10.6. The second-order valence-corrected chi connectivity index (χ2v) is 7.69. The van der Waals surface area contributed by atoms with Gasteiger partial charge in [-0.3, -0.25) is 4.79 Å². The number of rotatable bonds is 7. The number of ether oxygens (including phenoxy) is 3. The number of methoxy groups -OCH3 is 3. The van der Waals surface area contributed by atoms with E-state index in [4.69, 9.17) is 14.2 Å². The zero-order valence-corrected chi connectivity index (χ0v) is 19.8. The van der Waals surface area contributed by atoms with E-state index < -0.39 is 17.6 Å². The van der Waals surface area contributed by atoms with Crippen molar-refractivity contribution < 1.29 is 32.2 Å². The molecule has 1 N–H and O–H groups in total. The average molecular weight is 501 g/mol. The van der Waals surface area contributed by atoms with Crippen LogP contribution in [0.3, 0.4) is 0 Å². The summed E-state index contributed by atoms with van der Waals surface area (Å²) in [6.45, 7) is 1.71. The summed E-state index contributed by atoms with van der Waals surface area (Å²) in [6, 6.07) is 9.97.